The number of carbonyl (C=O) groups excluding carboxylic acids is 1. The number of hydrogen-bond acceptors (Lipinski definition) is 6. The normalized spacial score (nSPS) is 7.10. The van der Waals surface area contributed by atoms with Crippen molar-refractivity contribution in [2.24, 2.45) is 0 Å². The van der Waals surface area contributed by atoms with Gasteiger partial charge in [0.05, 0.1) is 0 Å². The Hall–Kier alpha value is -2.04. The van der Waals surface area contributed by atoms with Crippen LogP contribution in [0.25, 0.3) is 0 Å². The maximum absolute atomic E-state index is 9.96. The topological polar surface area (TPSA) is 114 Å². The molecule has 0 bridgehead atoms. The van der Waals surface area contributed by atoms with E-state index in [2.05, 4.69) is 9.88 Å². The molecule has 0 aromatic heterocycles. The van der Waals surface area contributed by atoms with Gasteiger partial charge in [0.2, 0.25) is 0 Å². The number of nitrogens with zero attached hydrogens (tertiary/aromatic N) is 2. The van der Waals surface area contributed by atoms with Gasteiger partial charge in [0.25, 0.3) is 0 Å². The van der Waals surface area contributed by atoms with E-state index in [4.69, 9.17) is 5.26 Å². The van der Waals surface area contributed by atoms with Gasteiger partial charge in [0.1, 0.15) is 0 Å². The molecule has 8 heteroatoms. The van der Waals surface area contributed by atoms with Crippen LogP contribution in [0.1, 0.15) is 0 Å². The van der Waals surface area contributed by atoms with Crippen LogP contribution in [0.4, 0.5) is 4.79 Å². The van der Waals surface area contributed by atoms with Gasteiger partial charge in [-0.05, 0) is 0 Å². The Morgan fingerprint density at radius 2 is 2.40 bits per heavy atom. The van der Waals surface area contributed by atoms with Crippen LogP contribution in [0.2, 0.25) is 0 Å². The highest BCUT2D eigenvalue weighted by molar-refractivity contribution is 5.68. The molecule has 0 aliphatic heterocycles. The molecule has 10 heavy (non-hydrogen) atoms. The summed E-state index contributed by atoms with van der Waals surface area (Å²) >= 11 is 0. The molecule has 0 saturated carbocycles. The maximum Gasteiger partial charge on any atom is 0.453 e. The van der Waals surface area contributed by atoms with Crippen LogP contribution in [0.5, 0.6) is 0 Å². The molecule has 8 nitrogen and oxygen atoms in total. The predicted molar refractivity (Wildman–Crippen MR) is 23.3 cm³/mol. The van der Waals surface area contributed by atoms with Crippen LogP contribution in [0, 0.1) is 21.6 Å². The first-order valence-corrected chi connectivity index (χ1v) is 1.85. The third-order valence-electron chi connectivity index (χ3n) is 0.332. The van der Waals surface area contributed by atoms with Crippen LogP contribution >= 0.6 is 0 Å². The minimum absolute atomic E-state index is 1.16. The lowest BCUT2D eigenvalue weighted by Crippen LogP contribution is -2.20. The van der Waals surface area contributed by atoms with E-state index in [-0.39, 0.29) is 0 Å². The summed E-state index contributed by atoms with van der Waals surface area (Å²) in [6.07, 6.45) is -0.184. The first kappa shape index (κ1) is 7.96. The number of carbonyl (C=O) groups is 1. The van der Waals surface area contributed by atoms with Crippen molar-refractivity contribution in [3.63, 3.8) is 0 Å². The highest BCUT2D eigenvalue weighted by Crippen LogP contribution is 1.78. The molecule has 0 aliphatic rings. The Bertz CT molecular complexity index is 182. The molecule has 0 heterocycles. The summed E-state index contributed by atoms with van der Waals surface area (Å²) in [4.78, 5) is 25.8. The summed E-state index contributed by atoms with van der Waals surface area (Å²) in [5.41, 5.74) is 0. The third kappa shape index (κ3) is 4.13. The summed E-state index contributed by atoms with van der Waals surface area (Å²) in [6.45, 7) is 0. The Kier molecular flexibility index (Phi) is 3.11. The highest BCUT2D eigenvalue weighted by Gasteiger charge is 2.03. The molecule has 0 rings (SSSR count). The van der Waals surface area contributed by atoms with Crippen molar-refractivity contribution in [3.05, 3.63) is 10.1 Å². The van der Waals surface area contributed by atoms with Crippen molar-refractivity contribution in [1.82, 2.24) is 5.32 Å². The van der Waals surface area contributed by atoms with Gasteiger partial charge in [-0.1, -0.05) is 4.99 Å². The summed E-state index contributed by atoms with van der Waals surface area (Å²) in [6, 6.07) is 0. The molecule has 0 aromatic carbocycles. The highest BCUT2D eigenvalue weighted by atomic mass is 17.3. The van der Waals surface area contributed by atoms with Crippen LogP contribution in [0.15, 0.2) is 0 Å². The van der Waals surface area contributed by atoms with Crippen molar-refractivity contribution in [3.8, 4) is 6.19 Å². The fourth-order valence-electron chi connectivity index (χ4n) is 0.131. The first-order chi connectivity index (χ1) is 4.66. The van der Waals surface area contributed by atoms with Gasteiger partial charge in [0.15, 0.2) is 6.19 Å². The summed E-state index contributed by atoms with van der Waals surface area (Å²) in [7, 11) is 0. The molecule has 0 saturated heterocycles. The smallest absolute Gasteiger partial charge is 0.237 e. The zero-order valence-corrected chi connectivity index (χ0v) is 4.44. The Labute approximate surface area is 54.0 Å². The third-order valence-corrected chi connectivity index (χ3v) is 0.332. The second-order valence-electron chi connectivity index (χ2n) is 0.906. The average molecular weight is 147 g/mol. The maximum atomic E-state index is 9.96. The summed E-state index contributed by atoms with van der Waals surface area (Å²) in [5.74, 6) is 0. The van der Waals surface area contributed by atoms with E-state index in [1.165, 1.54) is 5.32 Å². The molecule has 1 amide bonds. The van der Waals surface area contributed by atoms with Crippen LogP contribution < -0.4 is 5.32 Å². The Morgan fingerprint density at radius 1 is 1.80 bits per heavy atom. The number of nitrogens with one attached hydrogen (secondary N) is 1. The molecule has 0 aromatic rings. The molecular weight excluding hydrogens is 146 g/mol. The van der Waals surface area contributed by atoms with E-state index >= 15 is 0 Å². The molecule has 0 radical (unpaired) electrons. The lowest BCUT2D eigenvalue weighted by atomic mass is 11.1. The van der Waals surface area contributed by atoms with Crippen molar-refractivity contribution in [2.75, 3.05) is 0 Å². The van der Waals surface area contributed by atoms with Gasteiger partial charge in [0, 0.05) is 0 Å². The van der Waals surface area contributed by atoms with Gasteiger partial charge in [-0.15, -0.1) is 10.1 Å². The molecular formula is C2HN3O5. The minimum Gasteiger partial charge on any atom is -0.237 e. The SMILES string of the molecule is N#CNC(=O)OO[N+](=O)[O-]. The van der Waals surface area contributed by atoms with Crippen molar-refractivity contribution in [1.29, 1.82) is 5.26 Å². The monoisotopic (exact) mass is 147 g/mol. The standard InChI is InChI=1S/C2HN3O5/c3-1-4-2(6)9-10-5(7)8/h(H,4,6). The molecule has 54 valence electrons. The first-order valence-electron chi connectivity index (χ1n) is 1.85. The summed E-state index contributed by atoms with van der Waals surface area (Å²) in [5, 5.41) is 17.1. The zero-order chi connectivity index (χ0) is 7.98. The van der Waals surface area contributed by atoms with Crippen molar-refractivity contribution >= 4 is 6.09 Å². The number of amides is 1. The van der Waals surface area contributed by atoms with Gasteiger partial charge in [-0.2, -0.15) is 5.26 Å². The van der Waals surface area contributed by atoms with E-state index in [0.29, 0.717) is 0 Å². The van der Waals surface area contributed by atoms with E-state index in [1.54, 1.807) is 0 Å². The fraction of sp³-hybridized carbons (Fsp3) is 0. The van der Waals surface area contributed by atoms with Gasteiger partial charge >= 0.3 is 11.2 Å². The van der Waals surface area contributed by atoms with E-state index in [1.807, 2.05) is 0 Å². The number of rotatable bonds is 2. The van der Waals surface area contributed by atoms with E-state index in [9.17, 15) is 14.9 Å². The lowest BCUT2D eigenvalue weighted by Gasteiger charge is -1.92. The van der Waals surface area contributed by atoms with Crippen LogP contribution in [-0.4, -0.2) is 11.2 Å². The average Bonchev–Trinajstić information content (AvgIpc) is 1.85. The number of nitriles is 1. The fourth-order valence-corrected chi connectivity index (χ4v) is 0.131. The lowest BCUT2D eigenvalue weighted by molar-refractivity contribution is -0.839. The van der Waals surface area contributed by atoms with Crippen molar-refractivity contribution in [2.45, 2.75) is 0 Å². The predicted octanol–water partition coefficient (Wildman–Crippen LogP) is -0.683. The summed E-state index contributed by atoms with van der Waals surface area (Å²) < 4.78 is 0. The molecule has 0 fully saturated rings. The molecule has 1 N–H and O–H groups in total. The molecule has 0 atom stereocenters. The van der Waals surface area contributed by atoms with E-state index in [0.717, 1.165) is 6.19 Å². The molecule has 0 spiro atoms. The van der Waals surface area contributed by atoms with Crippen LogP contribution in [-0.2, 0) is 9.88 Å². The Morgan fingerprint density at radius 3 is 2.80 bits per heavy atom. The quantitative estimate of drug-likeness (QED) is 0.182. The number of hydrogen-bond donors (Lipinski definition) is 1. The van der Waals surface area contributed by atoms with Gasteiger partial charge in [-0.25, -0.2) is 15.0 Å². The molecule has 0 unspecified atom stereocenters. The Balaban J connectivity index is 3.42. The van der Waals surface area contributed by atoms with Crippen molar-refractivity contribution < 1.29 is 19.8 Å². The second-order valence-corrected chi connectivity index (χ2v) is 0.906. The minimum atomic E-state index is -1.35. The largest absolute Gasteiger partial charge is 0.453 e. The zero-order valence-electron chi connectivity index (χ0n) is 4.44. The van der Waals surface area contributed by atoms with Crippen LogP contribution in [0.3, 0.4) is 0 Å². The van der Waals surface area contributed by atoms with Gasteiger partial charge in [-0.3, -0.25) is 0 Å². The van der Waals surface area contributed by atoms with Gasteiger partial charge < -0.3 is 0 Å². The van der Waals surface area contributed by atoms with E-state index < -0.39 is 11.2 Å². The second kappa shape index (κ2) is 3.90. The molecule has 0 aliphatic carbocycles.